The molecule has 0 unspecified atom stereocenters. The van der Waals surface area contributed by atoms with Crippen molar-refractivity contribution in [1.29, 1.82) is 0 Å². The van der Waals surface area contributed by atoms with Crippen LogP contribution in [0.1, 0.15) is 42.7 Å². The van der Waals surface area contributed by atoms with Gasteiger partial charge in [0.05, 0.1) is 17.2 Å². The van der Waals surface area contributed by atoms with E-state index < -0.39 is 17.2 Å². The third-order valence-corrected chi connectivity index (χ3v) is 7.72. The summed E-state index contributed by atoms with van der Waals surface area (Å²) in [6.07, 6.45) is 4.12. The maximum atomic E-state index is 13.7. The van der Waals surface area contributed by atoms with Gasteiger partial charge in [0.1, 0.15) is 4.83 Å². The molecule has 0 fully saturated rings. The molecule has 1 aromatic carbocycles. The van der Waals surface area contributed by atoms with Crippen molar-refractivity contribution in [2.24, 2.45) is 0 Å². The van der Waals surface area contributed by atoms with E-state index in [1.807, 2.05) is 30.3 Å². The van der Waals surface area contributed by atoms with Crippen LogP contribution in [0.25, 0.3) is 10.2 Å². The molecule has 0 aliphatic heterocycles. The van der Waals surface area contributed by atoms with Gasteiger partial charge >= 0.3 is 6.03 Å². The van der Waals surface area contributed by atoms with E-state index in [0.717, 1.165) is 47.0 Å². The Hall–Kier alpha value is -2.65. The van der Waals surface area contributed by atoms with Crippen LogP contribution in [0.15, 0.2) is 40.3 Å². The molecule has 0 radical (unpaired) electrons. The number of aryl methyl sites for hydroxylation is 2. The van der Waals surface area contributed by atoms with Crippen LogP contribution in [0.2, 0.25) is 0 Å². The summed E-state index contributed by atoms with van der Waals surface area (Å²) < 4.78 is 1.67. The number of fused-ring (bicyclic) bond motifs is 3. The quantitative estimate of drug-likeness (QED) is 0.423. The predicted molar refractivity (Wildman–Crippen MR) is 129 cm³/mol. The zero-order valence-corrected chi connectivity index (χ0v) is 19.8. The maximum Gasteiger partial charge on any atom is 0.321 e. The highest BCUT2D eigenvalue weighted by Gasteiger charge is 2.25. The second kappa shape index (κ2) is 9.87. The van der Waals surface area contributed by atoms with Crippen molar-refractivity contribution in [2.45, 2.75) is 56.5 Å². The number of thiophene rings is 1. The van der Waals surface area contributed by atoms with Gasteiger partial charge in [-0.3, -0.25) is 19.5 Å². The van der Waals surface area contributed by atoms with E-state index in [2.05, 4.69) is 10.6 Å². The average molecular weight is 471 g/mol. The van der Waals surface area contributed by atoms with Gasteiger partial charge in [0.15, 0.2) is 5.16 Å². The van der Waals surface area contributed by atoms with Crippen LogP contribution in [0.5, 0.6) is 0 Å². The second-order valence-electron chi connectivity index (χ2n) is 7.77. The number of nitrogens with one attached hydrogen (secondary N) is 2. The minimum atomic E-state index is -0.599. The van der Waals surface area contributed by atoms with Gasteiger partial charge in [-0.05, 0) is 50.7 Å². The summed E-state index contributed by atoms with van der Waals surface area (Å²) in [6.45, 7) is 4.30. The number of urea groups is 1. The van der Waals surface area contributed by atoms with Gasteiger partial charge in [-0.1, -0.05) is 42.1 Å². The Bertz CT molecular complexity index is 1200. The first-order valence-corrected chi connectivity index (χ1v) is 12.5. The number of nitrogens with zero attached hydrogens (tertiary/aromatic N) is 2. The zero-order chi connectivity index (χ0) is 22.7. The number of hydrogen-bond donors (Lipinski definition) is 2. The van der Waals surface area contributed by atoms with Gasteiger partial charge in [-0.2, -0.15) is 0 Å². The van der Waals surface area contributed by atoms with Crippen LogP contribution < -0.4 is 16.2 Å². The molecule has 0 saturated carbocycles. The summed E-state index contributed by atoms with van der Waals surface area (Å²) in [5, 5.41) is 5.51. The Morgan fingerprint density at radius 2 is 1.97 bits per heavy atom. The first-order chi connectivity index (χ1) is 15.5. The molecule has 7 nitrogen and oxygen atoms in total. The van der Waals surface area contributed by atoms with Crippen molar-refractivity contribution in [1.82, 2.24) is 20.2 Å². The van der Waals surface area contributed by atoms with Gasteiger partial charge in [-0.25, -0.2) is 9.78 Å². The van der Waals surface area contributed by atoms with Gasteiger partial charge in [0.2, 0.25) is 5.91 Å². The minimum Gasteiger partial charge on any atom is -0.338 e. The average Bonchev–Trinajstić information content (AvgIpc) is 3.15. The normalized spacial score (nSPS) is 14.1. The first kappa shape index (κ1) is 22.5. The lowest BCUT2D eigenvalue weighted by atomic mass is 9.97. The summed E-state index contributed by atoms with van der Waals surface area (Å²) in [5.41, 5.74) is 2.08. The van der Waals surface area contributed by atoms with E-state index >= 15 is 0 Å². The Balaban J connectivity index is 1.73. The topological polar surface area (TPSA) is 93.1 Å². The van der Waals surface area contributed by atoms with E-state index in [4.69, 9.17) is 4.98 Å². The molecule has 3 aromatic rings. The molecule has 3 amide bonds. The van der Waals surface area contributed by atoms with Crippen LogP contribution in [0.4, 0.5) is 4.79 Å². The van der Waals surface area contributed by atoms with Gasteiger partial charge in [0.25, 0.3) is 5.56 Å². The van der Waals surface area contributed by atoms with E-state index in [0.29, 0.717) is 18.2 Å². The molecular weight excluding hydrogens is 444 g/mol. The molecule has 9 heteroatoms. The van der Waals surface area contributed by atoms with Crippen LogP contribution in [-0.4, -0.2) is 33.3 Å². The summed E-state index contributed by atoms with van der Waals surface area (Å²) in [4.78, 5) is 44.7. The third-order valence-electron chi connectivity index (χ3n) is 5.45. The van der Waals surface area contributed by atoms with Gasteiger partial charge in [-0.15, -0.1) is 11.3 Å². The largest absolute Gasteiger partial charge is 0.338 e. The smallest absolute Gasteiger partial charge is 0.321 e. The standard InChI is InChI=1S/C23H26N4O3S2/c1-3-24-22(30)25-19(28)14(2)31-23-26-20-18(16-11-7-8-12-17(16)32-20)21(29)27(23)13-15-9-5-4-6-10-15/h4-6,9-10,14H,3,7-8,11-13H2,1-2H3,(H2,24,25,28,30)/t14-/m1/s1. The number of carbonyl (C=O) groups excluding carboxylic acids is 2. The third kappa shape index (κ3) is 4.73. The molecule has 32 heavy (non-hydrogen) atoms. The zero-order valence-electron chi connectivity index (χ0n) is 18.1. The summed E-state index contributed by atoms with van der Waals surface area (Å²) >= 11 is 2.79. The minimum absolute atomic E-state index is 0.0583. The number of amides is 3. The summed E-state index contributed by atoms with van der Waals surface area (Å²) in [5.74, 6) is -0.424. The van der Waals surface area contributed by atoms with Gasteiger partial charge in [0, 0.05) is 11.4 Å². The lowest BCUT2D eigenvalue weighted by Gasteiger charge is -2.16. The number of aromatic nitrogens is 2. The fourth-order valence-corrected chi connectivity index (χ4v) is 6.06. The van der Waals surface area contributed by atoms with Crippen LogP contribution in [0, 0.1) is 0 Å². The molecule has 2 aromatic heterocycles. The molecule has 0 saturated heterocycles. The number of carbonyl (C=O) groups is 2. The molecule has 1 aliphatic carbocycles. The Morgan fingerprint density at radius 3 is 2.72 bits per heavy atom. The van der Waals surface area contributed by atoms with Crippen molar-refractivity contribution < 1.29 is 9.59 Å². The Labute approximate surface area is 194 Å². The predicted octanol–water partition coefficient (Wildman–Crippen LogP) is 3.71. The van der Waals surface area contributed by atoms with Crippen molar-refractivity contribution in [3.05, 3.63) is 56.7 Å². The molecule has 0 spiro atoms. The van der Waals surface area contributed by atoms with Crippen molar-refractivity contribution in [3.8, 4) is 0 Å². The molecule has 4 rings (SSSR count). The van der Waals surface area contributed by atoms with Crippen molar-refractivity contribution >= 4 is 45.3 Å². The molecule has 168 valence electrons. The Kier molecular flexibility index (Phi) is 6.95. The van der Waals surface area contributed by atoms with E-state index in [-0.39, 0.29) is 5.56 Å². The van der Waals surface area contributed by atoms with E-state index in [1.165, 1.54) is 16.6 Å². The lowest BCUT2D eigenvalue weighted by molar-refractivity contribution is -0.119. The van der Waals surface area contributed by atoms with Gasteiger partial charge < -0.3 is 5.32 Å². The summed E-state index contributed by atoms with van der Waals surface area (Å²) in [6, 6.07) is 9.23. The fourth-order valence-electron chi connectivity index (χ4n) is 3.85. The SMILES string of the molecule is CCNC(=O)NC(=O)[C@@H](C)Sc1nc2sc3c(c2c(=O)n1Cc1ccccc1)CCCC3. The molecule has 2 N–H and O–H groups in total. The molecule has 2 heterocycles. The van der Waals surface area contributed by atoms with Crippen LogP contribution in [0.3, 0.4) is 0 Å². The van der Waals surface area contributed by atoms with Crippen molar-refractivity contribution in [2.75, 3.05) is 6.54 Å². The number of rotatable bonds is 6. The van der Waals surface area contributed by atoms with E-state index in [1.54, 1.807) is 29.8 Å². The van der Waals surface area contributed by atoms with Crippen LogP contribution in [-0.2, 0) is 24.2 Å². The number of hydrogen-bond acceptors (Lipinski definition) is 6. The van der Waals surface area contributed by atoms with E-state index in [9.17, 15) is 14.4 Å². The first-order valence-electron chi connectivity index (χ1n) is 10.8. The second-order valence-corrected chi connectivity index (χ2v) is 10.2. The number of thioether (sulfide) groups is 1. The maximum absolute atomic E-state index is 13.7. The van der Waals surface area contributed by atoms with Crippen molar-refractivity contribution in [3.63, 3.8) is 0 Å². The molecule has 0 bridgehead atoms. The Morgan fingerprint density at radius 1 is 1.22 bits per heavy atom. The highest BCUT2D eigenvalue weighted by atomic mass is 32.2. The lowest BCUT2D eigenvalue weighted by Crippen LogP contribution is -2.42. The van der Waals surface area contributed by atoms with Crippen LogP contribution >= 0.6 is 23.1 Å². The molecule has 1 aliphatic rings. The summed E-state index contributed by atoms with van der Waals surface area (Å²) in [7, 11) is 0. The highest BCUT2D eigenvalue weighted by molar-refractivity contribution is 8.00. The molecule has 1 atom stereocenters. The fraction of sp³-hybridized carbons (Fsp3) is 0.391. The highest BCUT2D eigenvalue weighted by Crippen LogP contribution is 2.35. The number of benzene rings is 1. The monoisotopic (exact) mass is 470 g/mol. The molecular formula is C23H26N4O3S2. The number of imide groups is 1.